The van der Waals surface area contributed by atoms with Gasteiger partial charge in [0.2, 0.25) is 0 Å². The molecule has 0 radical (unpaired) electrons. The van der Waals surface area contributed by atoms with E-state index in [0.717, 1.165) is 16.6 Å². The van der Waals surface area contributed by atoms with Gasteiger partial charge in [0.25, 0.3) is 5.91 Å². The van der Waals surface area contributed by atoms with E-state index in [4.69, 9.17) is 0 Å². The summed E-state index contributed by atoms with van der Waals surface area (Å²) in [6.45, 7) is 1.87. The first-order valence-electron chi connectivity index (χ1n) is 6.94. The van der Waals surface area contributed by atoms with Gasteiger partial charge in [-0.15, -0.1) is 0 Å². The molecule has 0 bridgehead atoms. The standard InChI is InChI=1S/C15H18N2O3S/c1-10-14(12-5-3-4-6-13(12)16-10)15(18)17(2)11-7-8-21(19,20)9-11/h3-6,11,16H,7-9H2,1-2H3. The second-order valence-electron chi connectivity index (χ2n) is 5.64. The van der Waals surface area contributed by atoms with E-state index in [9.17, 15) is 13.2 Å². The minimum absolute atomic E-state index is 0.0661. The van der Waals surface area contributed by atoms with Crippen molar-refractivity contribution in [2.45, 2.75) is 19.4 Å². The summed E-state index contributed by atoms with van der Waals surface area (Å²) in [5.74, 6) is 0.116. The molecule has 5 nitrogen and oxygen atoms in total. The van der Waals surface area contributed by atoms with Gasteiger partial charge in [-0.05, 0) is 19.4 Å². The van der Waals surface area contributed by atoms with Crippen molar-refractivity contribution in [3.8, 4) is 0 Å². The number of hydrogen-bond acceptors (Lipinski definition) is 3. The molecule has 1 aliphatic heterocycles. The lowest BCUT2D eigenvalue weighted by atomic mass is 10.1. The summed E-state index contributed by atoms with van der Waals surface area (Å²) < 4.78 is 23.2. The molecule has 6 heteroatoms. The van der Waals surface area contributed by atoms with E-state index < -0.39 is 9.84 Å². The number of nitrogens with one attached hydrogen (secondary N) is 1. The molecule has 1 fully saturated rings. The zero-order valence-electron chi connectivity index (χ0n) is 12.1. The summed E-state index contributed by atoms with van der Waals surface area (Å²) in [5, 5.41) is 0.882. The Morgan fingerprint density at radius 2 is 2.05 bits per heavy atom. The molecule has 1 aromatic heterocycles. The van der Waals surface area contributed by atoms with Gasteiger partial charge in [0.1, 0.15) is 0 Å². The van der Waals surface area contributed by atoms with Crippen molar-refractivity contribution in [3.63, 3.8) is 0 Å². The summed E-state index contributed by atoms with van der Waals surface area (Å²) in [6.07, 6.45) is 0.520. The van der Waals surface area contributed by atoms with E-state index in [0.29, 0.717) is 12.0 Å². The smallest absolute Gasteiger partial charge is 0.256 e. The molecule has 0 spiro atoms. The summed E-state index contributed by atoms with van der Waals surface area (Å²) in [4.78, 5) is 17.5. The monoisotopic (exact) mass is 306 g/mol. The molecule has 0 saturated carbocycles. The number of fused-ring (bicyclic) bond motifs is 1. The fourth-order valence-electron chi connectivity index (χ4n) is 2.98. The number of amides is 1. The number of benzene rings is 1. The molecule has 1 unspecified atom stereocenters. The third-order valence-corrected chi connectivity index (χ3v) is 5.93. The second-order valence-corrected chi connectivity index (χ2v) is 7.87. The van der Waals surface area contributed by atoms with Gasteiger partial charge >= 0.3 is 0 Å². The molecule has 2 aromatic rings. The number of carbonyl (C=O) groups is 1. The van der Waals surface area contributed by atoms with Crippen LogP contribution in [0.4, 0.5) is 0 Å². The number of aryl methyl sites for hydroxylation is 1. The lowest BCUT2D eigenvalue weighted by Gasteiger charge is -2.23. The number of aromatic nitrogens is 1. The largest absolute Gasteiger partial charge is 0.358 e. The van der Waals surface area contributed by atoms with Crippen molar-refractivity contribution in [3.05, 3.63) is 35.5 Å². The molecule has 21 heavy (non-hydrogen) atoms. The van der Waals surface area contributed by atoms with Crippen LogP contribution in [0.3, 0.4) is 0 Å². The first kappa shape index (κ1) is 14.1. The predicted molar refractivity (Wildman–Crippen MR) is 82.2 cm³/mol. The fourth-order valence-corrected chi connectivity index (χ4v) is 4.75. The third-order valence-electron chi connectivity index (χ3n) is 4.18. The van der Waals surface area contributed by atoms with Crippen molar-refractivity contribution >= 4 is 26.6 Å². The van der Waals surface area contributed by atoms with Crippen molar-refractivity contribution in [1.82, 2.24) is 9.88 Å². The van der Waals surface area contributed by atoms with Crippen LogP contribution < -0.4 is 0 Å². The number of hydrogen-bond donors (Lipinski definition) is 1. The topological polar surface area (TPSA) is 70.2 Å². The minimum Gasteiger partial charge on any atom is -0.358 e. The highest BCUT2D eigenvalue weighted by atomic mass is 32.2. The Morgan fingerprint density at radius 1 is 1.33 bits per heavy atom. The highest BCUT2D eigenvalue weighted by Crippen LogP contribution is 2.25. The van der Waals surface area contributed by atoms with E-state index in [-0.39, 0.29) is 23.5 Å². The Bertz CT molecular complexity index is 807. The average molecular weight is 306 g/mol. The van der Waals surface area contributed by atoms with Crippen LogP contribution in [0.15, 0.2) is 24.3 Å². The number of sulfone groups is 1. The molecular weight excluding hydrogens is 288 g/mol. The van der Waals surface area contributed by atoms with Gasteiger partial charge in [-0.25, -0.2) is 8.42 Å². The van der Waals surface area contributed by atoms with E-state index in [2.05, 4.69) is 4.98 Å². The lowest BCUT2D eigenvalue weighted by molar-refractivity contribution is 0.0749. The zero-order chi connectivity index (χ0) is 15.2. The Balaban J connectivity index is 1.95. The van der Waals surface area contributed by atoms with Crippen LogP contribution in [0.1, 0.15) is 22.5 Å². The number of nitrogens with zero attached hydrogens (tertiary/aromatic N) is 1. The average Bonchev–Trinajstić information content (AvgIpc) is 2.96. The Labute approximate surface area is 123 Å². The van der Waals surface area contributed by atoms with Gasteiger partial charge in [0, 0.05) is 29.7 Å². The van der Waals surface area contributed by atoms with Crippen LogP contribution in [0.2, 0.25) is 0 Å². The van der Waals surface area contributed by atoms with Crippen LogP contribution in [0, 0.1) is 6.92 Å². The molecule has 112 valence electrons. The van der Waals surface area contributed by atoms with Crippen molar-refractivity contribution in [1.29, 1.82) is 0 Å². The van der Waals surface area contributed by atoms with Gasteiger partial charge in [-0.3, -0.25) is 4.79 Å². The van der Waals surface area contributed by atoms with Gasteiger partial charge < -0.3 is 9.88 Å². The van der Waals surface area contributed by atoms with Crippen LogP contribution in [0.25, 0.3) is 10.9 Å². The summed E-state index contributed by atoms with van der Waals surface area (Å²) in [6, 6.07) is 7.42. The maximum Gasteiger partial charge on any atom is 0.256 e. The predicted octanol–water partition coefficient (Wildman–Crippen LogP) is 1.74. The van der Waals surface area contributed by atoms with Crippen LogP contribution >= 0.6 is 0 Å². The Hall–Kier alpha value is -1.82. The first-order valence-corrected chi connectivity index (χ1v) is 8.76. The van der Waals surface area contributed by atoms with Crippen LogP contribution in [-0.2, 0) is 9.84 Å². The van der Waals surface area contributed by atoms with E-state index in [1.165, 1.54) is 0 Å². The van der Waals surface area contributed by atoms with E-state index >= 15 is 0 Å². The molecule has 1 saturated heterocycles. The number of carbonyl (C=O) groups excluding carboxylic acids is 1. The molecular formula is C15H18N2O3S. The lowest BCUT2D eigenvalue weighted by Crippen LogP contribution is -2.38. The van der Waals surface area contributed by atoms with Crippen molar-refractivity contribution in [2.75, 3.05) is 18.6 Å². The van der Waals surface area contributed by atoms with E-state index in [1.807, 2.05) is 31.2 Å². The molecule has 1 aliphatic rings. The molecule has 1 N–H and O–H groups in total. The van der Waals surface area contributed by atoms with Crippen molar-refractivity contribution in [2.24, 2.45) is 0 Å². The van der Waals surface area contributed by atoms with E-state index in [1.54, 1.807) is 11.9 Å². The molecule has 3 rings (SSSR count). The molecule has 0 aliphatic carbocycles. The normalized spacial score (nSPS) is 20.8. The van der Waals surface area contributed by atoms with Crippen LogP contribution in [0.5, 0.6) is 0 Å². The van der Waals surface area contributed by atoms with Gasteiger partial charge in [0.05, 0.1) is 17.1 Å². The van der Waals surface area contributed by atoms with Gasteiger partial charge in [-0.1, -0.05) is 18.2 Å². The number of rotatable bonds is 2. The van der Waals surface area contributed by atoms with Gasteiger partial charge in [0.15, 0.2) is 9.84 Å². The molecule has 1 amide bonds. The zero-order valence-corrected chi connectivity index (χ0v) is 12.9. The number of aromatic amines is 1. The molecule has 2 heterocycles. The minimum atomic E-state index is -3.00. The number of H-pyrrole nitrogens is 1. The third kappa shape index (κ3) is 2.44. The second kappa shape index (κ2) is 4.87. The molecule has 1 atom stereocenters. The maximum absolute atomic E-state index is 12.7. The van der Waals surface area contributed by atoms with Gasteiger partial charge in [-0.2, -0.15) is 0 Å². The summed E-state index contributed by atoms with van der Waals surface area (Å²) in [5.41, 5.74) is 2.37. The fraction of sp³-hybridized carbons (Fsp3) is 0.400. The SMILES string of the molecule is Cc1[nH]c2ccccc2c1C(=O)N(C)C1CCS(=O)(=O)C1. The Morgan fingerprint density at radius 3 is 2.71 bits per heavy atom. The quantitative estimate of drug-likeness (QED) is 0.918. The molecule has 1 aromatic carbocycles. The summed E-state index contributed by atoms with van der Waals surface area (Å²) >= 11 is 0. The summed E-state index contributed by atoms with van der Waals surface area (Å²) in [7, 11) is -1.31. The number of para-hydroxylation sites is 1. The first-order chi connectivity index (χ1) is 9.89. The Kier molecular flexibility index (Phi) is 3.28. The highest BCUT2D eigenvalue weighted by Gasteiger charge is 2.34. The maximum atomic E-state index is 12.7. The van der Waals surface area contributed by atoms with Crippen molar-refractivity contribution < 1.29 is 13.2 Å². The van der Waals surface area contributed by atoms with Crippen LogP contribution in [-0.4, -0.2) is 48.8 Å². The highest BCUT2D eigenvalue weighted by molar-refractivity contribution is 7.91.